The topological polar surface area (TPSA) is 34.0 Å². The van der Waals surface area contributed by atoms with Crippen LogP contribution in [0.4, 0.5) is 17.3 Å². The van der Waals surface area contributed by atoms with Crippen LogP contribution in [0.2, 0.25) is 0 Å². The Kier molecular flexibility index (Phi) is 3.35. The van der Waals surface area contributed by atoms with Crippen molar-refractivity contribution in [3.05, 3.63) is 102 Å². The molecule has 1 aromatic heterocycles. The smallest absolute Gasteiger partial charge is 0.234 e. The van der Waals surface area contributed by atoms with E-state index in [1.54, 1.807) is 0 Å². The van der Waals surface area contributed by atoms with Crippen LogP contribution < -0.4 is 4.90 Å². The van der Waals surface area contributed by atoms with Crippen LogP contribution in [0.15, 0.2) is 84.9 Å². The molecule has 0 saturated carbocycles. The molecule has 4 nitrogen and oxygen atoms in total. The number of benzene rings is 3. The molecule has 126 valence electrons. The highest BCUT2D eigenvalue weighted by Gasteiger charge is 2.34. The molecule has 3 aromatic carbocycles. The van der Waals surface area contributed by atoms with Gasteiger partial charge in [-0.15, -0.1) is 0 Å². The van der Waals surface area contributed by atoms with Gasteiger partial charge in [0, 0.05) is 11.3 Å². The van der Waals surface area contributed by atoms with Gasteiger partial charge in [-0.25, -0.2) is 4.68 Å². The maximum absolute atomic E-state index is 4.76. The molecule has 0 radical (unpaired) electrons. The number of para-hydroxylation sites is 2. The number of aromatic nitrogens is 3. The molecule has 1 aliphatic rings. The van der Waals surface area contributed by atoms with Gasteiger partial charge in [0.1, 0.15) is 11.9 Å². The summed E-state index contributed by atoms with van der Waals surface area (Å²) in [6, 6.07) is 29.4. The minimum Gasteiger partial charge on any atom is -0.279 e. The molecule has 4 aromatic rings. The first-order chi connectivity index (χ1) is 12.8. The van der Waals surface area contributed by atoms with Crippen LogP contribution in [0, 0.1) is 6.92 Å². The number of rotatable bonds is 2. The average Bonchev–Trinajstić information content (AvgIpc) is 3.07. The highest BCUT2D eigenvalue weighted by atomic mass is 15.5. The summed E-state index contributed by atoms with van der Waals surface area (Å²) >= 11 is 0. The van der Waals surface area contributed by atoms with Crippen LogP contribution in [-0.4, -0.2) is 14.8 Å². The molecule has 0 spiro atoms. The Bertz CT molecular complexity index is 970. The third-order valence-electron chi connectivity index (χ3n) is 4.77. The maximum Gasteiger partial charge on any atom is 0.234 e. The molecule has 4 heteroatoms. The first kappa shape index (κ1) is 14.9. The Balaban J connectivity index is 1.80. The summed E-state index contributed by atoms with van der Waals surface area (Å²) in [6.45, 7) is 1.95. The van der Waals surface area contributed by atoms with E-state index in [9.17, 15) is 0 Å². The van der Waals surface area contributed by atoms with Crippen molar-refractivity contribution in [2.45, 2.75) is 13.0 Å². The van der Waals surface area contributed by atoms with E-state index in [0.29, 0.717) is 0 Å². The van der Waals surface area contributed by atoms with E-state index in [1.165, 1.54) is 11.1 Å². The summed E-state index contributed by atoms with van der Waals surface area (Å²) in [6.07, 6.45) is 0. The second-order valence-corrected chi connectivity index (χ2v) is 6.45. The quantitative estimate of drug-likeness (QED) is 0.454. The van der Waals surface area contributed by atoms with Gasteiger partial charge in [-0.05, 0) is 30.7 Å². The molecule has 0 bridgehead atoms. The fourth-order valence-corrected chi connectivity index (χ4v) is 3.69. The SMILES string of the molecule is Cc1nc2n(n1)C(c1ccccc1)c1ccccc1N2c1ccccc1. The number of hydrogen-bond acceptors (Lipinski definition) is 3. The third-order valence-corrected chi connectivity index (χ3v) is 4.77. The molecule has 2 heterocycles. The molecule has 0 amide bonds. The van der Waals surface area contributed by atoms with E-state index in [2.05, 4.69) is 77.7 Å². The van der Waals surface area contributed by atoms with Crippen molar-refractivity contribution in [1.29, 1.82) is 0 Å². The molecular weight excluding hydrogens is 320 g/mol. The van der Waals surface area contributed by atoms with Crippen molar-refractivity contribution in [1.82, 2.24) is 14.8 Å². The van der Waals surface area contributed by atoms with E-state index in [-0.39, 0.29) is 6.04 Å². The first-order valence-corrected chi connectivity index (χ1v) is 8.75. The number of hydrogen-bond donors (Lipinski definition) is 0. The Morgan fingerprint density at radius 3 is 2.19 bits per heavy atom. The minimum atomic E-state index is 0.0172. The summed E-state index contributed by atoms with van der Waals surface area (Å²) in [5.74, 6) is 1.62. The summed E-state index contributed by atoms with van der Waals surface area (Å²) in [7, 11) is 0. The lowest BCUT2D eigenvalue weighted by Crippen LogP contribution is -2.28. The van der Waals surface area contributed by atoms with Gasteiger partial charge in [-0.2, -0.15) is 10.1 Å². The number of fused-ring (bicyclic) bond motifs is 2. The standard InChI is InChI=1S/C22H18N4/c1-16-23-22-25(18-12-6-3-7-13-18)20-15-9-8-14-19(20)21(26(22)24-16)17-10-4-2-5-11-17/h2-15,21H,1H3. The highest BCUT2D eigenvalue weighted by Crippen LogP contribution is 2.46. The predicted molar refractivity (Wildman–Crippen MR) is 103 cm³/mol. The van der Waals surface area contributed by atoms with Crippen molar-refractivity contribution in [3.63, 3.8) is 0 Å². The van der Waals surface area contributed by atoms with E-state index in [4.69, 9.17) is 10.1 Å². The Morgan fingerprint density at radius 1 is 0.769 bits per heavy atom. The highest BCUT2D eigenvalue weighted by molar-refractivity contribution is 5.78. The fourth-order valence-electron chi connectivity index (χ4n) is 3.69. The van der Waals surface area contributed by atoms with E-state index in [1.807, 2.05) is 23.7 Å². The molecule has 26 heavy (non-hydrogen) atoms. The largest absolute Gasteiger partial charge is 0.279 e. The molecule has 1 unspecified atom stereocenters. The molecule has 5 rings (SSSR count). The lowest BCUT2D eigenvalue weighted by molar-refractivity contribution is 0.580. The fraction of sp³-hybridized carbons (Fsp3) is 0.0909. The maximum atomic E-state index is 4.76. The van der Waals surface area contributed by atoms with Gasteiger partial charge in [0.25, 0.3) is 0 Å². The van der Waals surface area contributed by atoms with E-state index < -0.39 is 0 Å². The van der Waals surface area contributed by atoms with Gasteiger partial charge in [-0.3, -0.25) is 4.90 Å². The summed E-state index contributed by atoms with van der Waals surface area (Å²) in [4.78, 5) is 6.95. The van der Waals surface area contributed by atoms with Gasteiger partial charge in [0.2, 0.25) is 5.95 Å². The normalized spacial score (nSPS) is 15.4. The van der Waals surface area contributed by atoms with Crippen LogP contribution >= 0.6 is 0 Å². The van der Waals surface area contributed by atoms with Crippen LogP contribution in [0.3, 0.4) is 0 Å². The third kappa shape index (κ3) is 2.23. The molecule has 0 aliphatic carbocycles. The zero-order chi connectivity index (χ0) is 17.5. The van der Waals surface area contributed by atoms with E-state index >= 15 is 0 Å². The van der Waals surface area contributed by atoms with E-state index in [0.717, 1.165) is 23.1 Å². The summed E-state index contributed by atoms with van der Waals surface area (Å²) < 4.78 is 2.04. The van der Waals surface area contributed by atoms with Crippen molar-refractivity contribution in [2.75, 3.05) is 4.90 Å². The van der Waals surface area contributed by atoms with Crippen molar-refractivity contribution < 1.29 is 0 Å². The first-order valence-electron chi connectivity index (χ1n) is 8.75. The Morgan fingerprint density at radius 2 is 1.42 bits per heavy atom. The zero-order valence-corrected chi connectivity index (χ0v) is 14.4. The summed E-state index contributed by atoms with van der Waals surface area (Å²) in [5.41, 5.74) is 4.66. The Hall–Kier alpha value is -3.40. The summed E-state index contributed by atoms with van der Waals surface area (Å²) in [5, 5.41) is 4.75. The van der Waals surface area contributed by atoms with Gasteiger partial charge in [0.15, 0.2) is 0 Å². The monoisotopic (exact) mass is 338 g/mol. The predicted octanol–water partition coefficient (Wildman–Crippen LogP) is 5.01. The minimum absolute atomic E-state index is 0.0172. The molecule has 1 aliphatic heterocycles. The molecule has 1 atom stereocenters. The molecule has 0 N–H and O–H groups in total. The zero-order valence-electron chi connectivity index (χ0n) is 14.4. The van der Waals surface area contributed by atoms with Crippen molar-refractivity contribution in [3.8, 4) is 0 Å². The van der Waals surface area contributed by atoms with Crippen LogP contribution in [0.1, 0.15) is 23.0 Å². The van der Waals surface area contributed by atoms with Crippen molar-refractivity contribution in [2.24, 2.45) is 0 Å². The number of anilines is 3. The van der Waals surface area contributed by atoms with Crippen LogP contribution in [-0.2, 0) is 0 Å². The Labute approximate surface area is 152 Å². The molecule has 0 fully saturated rings. The number of nitrogens with zero attached hydrogens (tertiary/aromatic N) is 4. The van der Waals surface area contributed by atoms with Crippen molar-refractivity contribution >= 4 is 17.3 Å². The lowest BCUT2D eigenvalue weighted by Gasteiger charge is -2.35. The van der Waals surface area contributed by atoms with Gasteiger partial charge >= 0.3 is 0 Å². The average molecular weight is 338 g/mol. The lowest BCUT2D eigenvalue weighted by atomic mass is 9.95. The number of aryl methyl sites for hydroxylation is 1. The van der Waals surface area contributed by atoms with Crippen LogP contribution in [0.25, 0.3) is 0 Å². The second-order valence-electron chi connectivity index (χ2n) is 6.45. The van der Waals surface area contributed by atoms with Gasteiger partial charge in [0.05, 0.1) is 5.69 Å². The molecular formula is C22H18N4. The van der Waals surface area contributed by atoms with Crippen LogP contribution in [0.5, 0.6) is 0 Å². The molecule has 0 saturated heterocycles. The second kappa shape index (κ2) is 5.85. The van der Waals surface area contributed by atoms with Gasteiger partial charge in [-0.1, -0.05) is 66.7 Å². The van der Waals surface area contributed by atoms with Gasteiger partial charge < -0.3 is 0 Å².